The van der Waals surface area contributed by atoms with Crippen LogP contribution >= 0.6 is 0 Å². The van der Waals surface area contributed by atoms with Crippen molar-refractivity contribution in [1.82, 2.24) is 4.90 Å². The molecule has 5 atom stereocenters. The van der Waals surface area contributed by atoms with Crippen molar-refractivity contribution in [2.75, 3.05) is 33.4 Å². The van der Waals surface area contributed by atoms with E-state index in [1.807, 2.05) is 29.2 Å². The third kappa shape index (κ3) is 6.56. The van der Waals surface area contributed by atoms with E-state index in [1.165, 1.54) is 12.8 Å². The van der Waals surface area contributed by atoms with Gasteiger partial charge in [-0.1, -0.05) is 31.0 Å². The fraction of sp³-hybridized carbons (Fsp3) is 0.750. The molecule has 1 aromatic rings. The molecule has 2 aliphatic carbocycles. The Bertz CT molecular complexity index is 821. The van der Waals surface area contributed by atoms with Gasteiger partial charge in [0.05, 0.1) is 18.3 Å². The number of nitrogens with zero attached hydrogens (tertiary/aromatic N) is 1. The molecule has 2 saturated carbocycles. The van der Waals surface area contributed by atoms with Crippen LogP contribution in [0, 0.1) is 17.8 Å². The van der Waals surface area contributed by atoms with Crippen molar-refractivity contribution in [2.45, 2.75) is 82.0 Å². The van der Waals surface area contributed by atoms with Gasteiger partial charge in [-0.25, -0.2) is 0 Å². The van der Waals surface area contributed by atoms with Gasteiger partial charge in [0.2, 0.25) is 5.91 Å². The lowest BCUT2D eigenvalue weighted by atomic mass is 9.73. The topological polar surface area (TPSA) is 105 Å². The Morgan fingerprint density at radius 1 is 1.17 bits per heavy atom. The summed E-state index contributed by atoms with van der Waals surface area (Å²) in [6, 6.07) is 7.57. The van der Waals surface area contributed by atoms with Crippen LogP contribution in [-0.2, 0) is 15.1 Å². The number of para-hydroxylation sites is 1. The molecule has 1 heterocycles. The van der Waals surface area contributed by atoms with Crippen LogP contribution in [-0.4, -0.2) is 66.6 Å². The molecule has 4 rings (SSSR count). The van der Waals surface area contributed by atoms with Crippen LogP contribution in [0.1, 0.15) is 69.8 Å². The molecule has 3 fully saturated rings. The lowest BCUT2D eigenvalue weighted by Gasteiger charge is -2.44. The van der Waals surface area contributed by atoms with Crippen molar-refractivity contribution in [3.63, 3.8) is 0 Å². The van der Waals surface area contributed by atoms with Crippen LogP contribution in [0.2, 0.25) is 0 Å². The van der Waals surface area contributed by atoms with Gasteiger partial charge < -0.3 is 30.3 Å². The molecule has 3 aliphatic rings. The molecule has 0 spiro atoms. The van der Waals surface area contributed by atoms with Gasteiger partial charge in [-0.2, -0.15) is 0 Å². The molecule has 35 heavy (non-hydrogen) atoms. The van der Waals surface area contributed by atoms with Crippen LogP contribution in [0.25, 0.3) is 0 Å². The number of likely N-dealkylation sites (tertiary alicyclic amines) is 1. The Labute approximate surface area is 210 Å². The number of hydrogen-bond acceptors (Lipinski definition) is 6. The number of unbranched alkanes of at least 4 members (excludes halogenated alkanes) is 1. The number of nitrogens with two attached hydrogens (primary N) is 1. The first-order valence-electron chi connectivity index (χ1n) is 13.6. The van der Waals surface area contributed by atoms with E-state index in [0.717, 1.165) is 49.3 Å². The first kappa shape index (κ1) is 26.4. The molecule has 5 unspecified atom stereocenters. The normalized spacial score (nSPS) is 28.6. The third-order valence-corrected chi connectivity index (χ3v) is 8.33. The fourth-order valence-corrected chi connectivity index (χ4v) is 5.97. The predicted octanol–water partition coefficient (Wildman–Crippen LogP) is 3.21. The molecule has 4 N–H and O–H groups in total. The number of ether oxygens (including phenoxy) is 2. The van der Waals surface area contributed by atoms with Crippen molar-refractivity contribution in [1.29, 1.82) is 0 Å². The molecule has 0 bridgehead atoms. The van der Waals surface area contributed by atoms with Gasteiger partial charge in [-0.15, -0.1) is 0 Å². The van der Waals surface area contributed by atoms with E-state index in [-0.39, 0.29) is 23.8 Å². The van der Waals surface area contributed by atoms with Crippen molar-refractivity contribution < 1.29 is 24.5 Å². The van der Waals surface area contributed by atoms with E-state index in [2.05, 4.69) is 0 Å². The van der Waals surface area contributed by atoms with Gasteiger partial charge in [0.25, 0.3) is 0 Å². The number of methoxy groups -OCH3 is 1. The molecule has 196 valence electrons. The highest BCUT2D eigenvalue weighted by Gasteiger charge is 2.44. The maximum atomic E-state index is 13.3. The Hall–Kier alpha value is -1.67. The lowest BCUT2D eigenvalue weighted by Crippen LogP contribution is -2.49. The smallest absolute Gasteiger partial charge is 0.225 e. The first-order chi connectivity index (χ1) is 16.9. The number of benzene rings is 1. The minimum absolute atomic E-state index is 0.0670. The summed E-state index contributed by atoms with van der Waals surface area (Å²) in [5, 5.41) is 22.4. The number of hydrogen-bond donors (Lipinski definition) is 3. The zero-order chi connectivity index (χ0) is 24.8. The van der Waals surface area contributed by atoms with Crippen molar-refractivity contribution in [3.8, 4) is 5.75 Å². The minimum atomic E-state index is -1.09. The SMILES string of the molecule is COCCCCC(O)(c1ccccc1OCCC1CC1)C1CCCN(C(=O)C2CC(N)C(O)C2)C1. The van der Waals surface area contributed by atoms with E-state index >= 15 is 0 Å². The number of amides is 1. The van der Waals surface area contributed by atoms with Gasteiger partial charge in [0.1, 0.15) is 5.75 Å². The highest BCUT2D eigenvalue weighted by molar-refractivity contribution is 5.79. The number of aliphatic hydroxyl groups is 2. The summed E-state index contributed by atoms with van der Waals surface area (Å²) in [6.45, 7) is 2.53. The summed E-state index contributed by atoms with van der Waals surface area (Å²) in [7, 11) is 1.70. The fourth-order valence-electron chi connectivity index (χ4n) is 5.97. The zero-order valence-electron chi connectivity index (χ0n) is 21.2. The zero-order valence-corrected chi connectivity index (χ0v) is 21.2. The predicted molar refractivity (Wildman–Crippen MR) is 135 cm³/mol. The van der Waals surface area contributed by atoms with E-state index in [9.17, 15) is 15.0 Å². The molecular formula is C28H44N2O5. The second-order valence-electron chi connectivity index (χ2n) is 11.0. The number of carbonyl (C=O) groups excluding carboxylic acids is 1. The standard InChI is InChI=1S/C28H44N2O5/c1-34-15-5-4-13-28(33,23-8-2-3-9-26(23)35-16-12-20-10-11-20)22-7-6-14-30(19-22)27(32)21-17-24(29)25(31)18-21/h2-3,8-9,20-22,24-25,31,33H,4-7,10-19,29H2,1H3. The highest BCUT2D eigenvalue weighted by atomic mass is 16.5. The molecule has 1 amide bonds. The summed E-state index contributed by atoms with van der Waals surface area (Å²) in [4.78, 5) is 15.2. The lowest BCUT2D eigenvalue weighted by molar-refractivity contribution is -0.141. The monoisotopic (exact) mass is 488 g/mol. The van der Waals surface area contributed by atoms with Gasteiger partial charge in [-0.3, -0.25) is 4.79 Å². The largest absolute Gasteiger partial charge is 0.493 e. The second kappa shape index (κ2) is 12.0. The van der Waals surface area contributed by atoms with Crippen LogP contribution in [0.15, 0.2) is 24.3 Å². The minimum Gasteiger partial charge on any atom is -0.493 e. The Kier molecular flexibility index (Phi) is 9.08. The van der Waals surface area contributed by atoms with Gasteiger partial charge in [0, 0.05) is 50.2 Å². The number of piperidine rings is 1. The van der Waals surface area contributed by atoms with Crippen molar-refractivity contribution >= 4 is 5.91 Å². The van der Waals surface area contributed by atoms with E-state index in [0.29, 0.717) is 45.6 Å². The molecule has 1 aliphatic heterocycles. The summed E-state index contributed by atoms with van der Waals surface area (Å²) in [5.74, 6) is 1.30. The Morgan fingerprint density at radius 3 is 2.69 bits per heavy atom. The Balaban J connectivity index is 1.51. The van der Waals surface area contributed by atoms with Crippen LogP contribution < -0.4 is 10.5 Å². The van der Waals surface area contributed by atoms with Gasteiger partial charge in [-0.05, 0) is 63.4 Å². The van der Waals surface area contributed by atoms with Crippen molar-refractivity contribution in [3.05, 3.63) is 29.8 Å². The molecule has 1 aromatic carbocycles. The van der Waals surface area contributed by atoms with E-state index < -0.39 is 11.7 Å². The maximum Gasteiger partial charge on any atom is 0.225 e. The van der Waals surface area contributed by atoms with E-state index in [4.69, 9.17) is 15.2 Å². The molecule has 1 saturated heterocycles. The van der Waals surface area contributed by atoms with Gasteiger partial charge in [0.15, 0.2) is 0 Å². The number of carbonyl (C=O) groups is 1. The quantitative estimate of drug-likeness (QED) is 0.390. The summed E-state index contributed by atoms with van der Waals surface area (Å²) in [5.41, 5.74) is 5.73. The average molecular weight is 489 g/mol. The maximum absolute atomic E-state index is 13.3. The van der Waals surface area contributed by atoms with Crippen LogP contribution in [0.4, 0.5) is 0 Å². The summed E-state index contributed by atoms with van der Waals surface area (Å²) < 4.78 is 11.5. The highest BCUT2D eigenvalue weighted by Crippen LogP contribution is 2.44. The number of aliphatic hydroxyl groups excluding tert-OH is 1. The summed E-state index contributed by atoms with van der Waals surface area (Å²) in [6.07, 6.45) is 8.00. The molecule has 0 radical (unpaired) electrons. The van der Waals surface area contributed by atoms with E-state index in [1.54, 1.807) is 7.11 Å². The molecule has 0 aromatic heterocycles. The average Bonchev–Trinajstić information content (AvgIpc) is 3.64. The second-order valence-corrected chi connectivity index (χ2v) is 11.0. The first-order valence-corrected chi connectivity index (χ1v) is 13.6. The Morgan fingerprint density at radius 2 is 1.97 bits per heavy atom. The molecule has 7 heteroatoms. The molecule has 7 nitrogen and oxygen atoms in total. The summed E-state index contributed by atoms with van der Waals surface area (Å²) >= 11 is 0. The van der Waals surface area contributed by atoms with Gasteiger partial charge >= 0.3 is 0 Å². The molecular weight excluding hydrogens is 444 g/mol. The van der Waals surface area contributed by atoms with Crippen LogP contribution in [0.3, 0.4) is 0 Å². The van der Waals surface area contributed by atoms with Crippen molar-refractivity contribution in [2.24, 2.45) is 23.5 Å². The number of rotatable bonds is 12. The third-order valence-electron chi connectivity index (χ3n) is 8.33. The van der Waals surface area contributed by atoms with Crippen LogP contribution in [0.5, 0.6) is 5.75 Å².